The fourth-order valence-electron chi connectivity index (χ4n) is 2.76. The largest absolute Gasteiger partial charge is 0.380 e. The molecule has 1 aromatic carbocycles. The molecule has 0 saturated heterocycles. The molecule has 1 amide bonds. The summed E-state index contributed by atoms with van der Waals surface area (Å²) in [7, 11) is 1.57. The van der Waals surface area contributed by atoms with Gasteiger partial charge in [0.15, 0.2) is 0 Å². The van der Waals surface area contributed by atoms with Gasteiger partial charge in [-0.2, -0.15) is 0 Å². The maximum Gasteiger partial charge on any atom is 0.229 e. The summed E-state index contributed by atoms with van der Waals surface area (Å²) in [4.78, 5) is 14.3. The Kier molecular flexibility index (Phi) is 4.37. The monoisotopic (exact) mass is 296 g/mol. The highest BCUT2D eigenvalue weighted by atomic mass is 35.5. The second-order valence-corrected chi connectivity index (χ2v) is 6.20. The Balaban J connectivity index is 2.29. The van der Waals surface area contributed by atoms with Crippen LogP contribution in [-0.2, 0) is 14.9 Å². The average molecular weight is 297 g/mol. The van der Waals surface area contributed by atoms with Crippen LogP contribution in [-0.4, -0.2) is 32.2 Å². The zero-order chi connectivity index (χ0) is 14.9. The third kappa shape index (κ3) is 2.68. The fraction of sp³-hybridized carbons (Fsp3) is 0.533. The van der Waals surface area contributed by atoms with Crippen LogP contribution in [0.1, 0.15) is 25.8 Å². The molecule has 0 fully saturated rings. The number of benzene rings is 1. The molecule has 0 saturated carbocycles. The number of carbonyl (C=O) groups is 1. The first kappa shape index (κ1) is 15.3. The van der Waals surface area contributed by atoms with Gasteiger partial charge in [-0.15, -0.1) is 0 Å². The van der Waals surface area contributed by atoms with E-state index in [1.807, 2.05) is 18.2 Å². The van der Waals surface area contributed by atoms with Crippen molar-refractivity contribution in [2.75, 3.05) is 25.1 Å². The minimum Gasteiger partial charge on any atom is -0.380 e. The zero-order valence-electron chi connectivity index (χ0n) is 12.1. The van der Waals surface area contributed by atoms with E-state index in [0.29, 0.717) is 18.1 Å². The minimum absolute atomic E-state index is 0.0244. The quantitative estimate of drug-likeness (QED) is 0.928. The van der Waals surface area contributed by atoms with Gasteiger partial charge in [-0.25, -0.2) is 0 Å². The normalized spacial score (nSPS) is 17.9. The van der Waals surface area contributed by atoms with E-state index >= 15 is 0 Å². The number of carbonyl (C=O) groups excluding carboxylic acids is 1. The topological polar surface area (TPSA) is 55.6 Å². The fourth-order valence-corrected chi connectivity index (χ4v) is 3.18. The number of methoxy groups -OCH3 is 1. The van der Waals surface area contributed by atoms with Crippen LogP contribution in [0, 0.1) is 0 Å². The van der Waals surface area contributed by atoms with Crippen molar-refractivity contribution >= 4 is 23.2 Å². The predicted molar refractivity (Wildman–Crippen MR) is 81.3 cm³/mol. The van der Waals surface area contributed by atoms with Crippen molar-refractivity contribution in [3.05, 3.63) is 28.8 Å². The van der Waals surface area contributed by atoms with Gasteiger partial charge in [-0.1, -0.05) is 31.5 Å². The lowest BCUT2D eigenvalue weighted by Gasteiger charge is -2.22. The Morgan fingerprint density at radius 1 is 1.55 bits per heavy atom. The lowest BCUT2D eigenvalue weighted by Crippen LogP contribution is -2.37. The predicted octanol–water partition coefficient (Wildman–Crippen LogP) is 2.33. The number of fused-ring (bicyclic) bond motifs is 1. The van der Waals surface area contributed by atoms with E-state index in [0.717, 1.165) is 11.3 Å². The van der Waals surface area contributed by atoms with Crippen LogP contribution < -0.4 is 10.6 Å². The zero-order valence-corrected chi connectivity index (χ0v) is 12.9. The molecule has 1 aliphatic rings. The van der Waals surface area contributed by atoms with Crippen LogP contribution in [0.3, 0.4) is 0 Å². The summed E-state index contributed by atoms with van der Waals surface area (Å²) in [5.74, 6) is 0.0244. The molecule has 1 aromatic rings. The Labute approximate surface area is 124 Å². The first-order chi connectivity index (χ1) is 9.40. The molecule has 0 spiro atoms. The Morgan fingerprint density at radius 3 is 2.85 bits per heavy atom. The summed E-state index contributed by atoms with van der Waals surface area (Å²) >= 11 is 6.30. The first-order valence-electron chi connectivity index (χ1n) is 6.73. The number of amides is 1. The number of rotatable bonds is 4. The molecular weight excluding hydrogens is 276 g/mol. The SMILES string of the molecule is COC(CN)CC(=O)N1CC(C)(C)c2c(Cl)cccc21. The van der Waals surface area contributed by atoms with E-state index in [-0.39, 0.29) is 23.8 Å². The number of ether oxygens (including phenoxy) is 1. The average Bonchev–Trinajstić information content (AvgIpc) is 2.69. The Hall–Kier alpha value is -1.10. The van der Waals surface area contributed by atoms with Crippen molar-refractivity contribution in [3.8, 4) is 0 Å². The third-order valence-electron chi connectivity index (χ3n) is 3.81. The summed E-state index contributed by atoms with van der Waals surface area (Å²) in [6.45, 7) is 5.16. The van der Waals surface area contributed by atoms with Gasteiger partial charge < -0.3 is 15.4 Å². The van der Waals surface area contributed by atoms with Crippen LogP contribution in [0.25, 0.3) is 0 Å². The highest BCUT2D eigenvalue weighted by Gasteiger charge is 2.39. The highest BCUT2D eigenvalue weighted by Crippen LogP contribution is 2.44. The van der Waals surface area contributed by atoms with Crippen molar-refractivity contribution in [1.82, 2.24) is 0 Å². The van der Waals surface area contributed by atoms with Gasteiger partial charge in [0.25, 0.3) is 0 Å². The molecule has 0 aromatic heterocycles. The van der Waals surface area contributed by atoms with E-state index < -0.39 is 0 Å². The highest BCUT2D eigenvalue weighted by molar-refractivity contribution is 6.32. The molecule has 5 heteroatoms. The molecule has 2 rings (SSSR count). The van der Waals surface area contributed by atoms with Gasteiger partial charge in [0.2, 0.25) is 5.91 Å². The van der Waals surface area contributed by atoms with Gasteiger partial charge in [0.05, 0.1) is 12.5 Å². The van der Waals surface area contributed by atoms with Crippen molar-refractivity contribution in [2.45, 2.75) is 31.8 Å². The van der Waals surface area contributed by atoms with Gasteiger partial charge in [-0.3, -0.25) is 4.79 Å². The van der Waals surface area contributed by atoms with E-state index in [2.05, 4.69) is 13.8 Å². The first-order valence-corrected chi connectivity index (χ1v) is 7.10. The van der Waals surface area contributed by atoms with Crippen molar-refractivity contribution in [2.24, 2.45) is 5.73 Å². The lowest BCUT2D eigenvalue weighted by atomic mass is 9.87. The van der Waals surface area contributed by atoms with Crippen molar-refractivity contribution in [1.29, 1.82) is 0 Å². The molecular formula is C15H21ClN2O2. The maximum absolute atomic E-state index is 12.5. The Bertz CT molecular complexity index is 513. The lowest BCUT2D eigenvalue weighted by molar-refractivity contribution is -0.120. The molecule has 110 valence electrons. The van der Waals surface area contributed by atoms with Crippen molar-refractivity contribution in [3.63, 3.8) is 0 Å². The van der Waals surface area contributed by atoms with Gasteiger partial charge >= 0.3 is 0 Å². The van der Waals surface area contributed by atoms with Gasteiger partial charge in [0.1, 0.15) is 0 Å². The number of nitrogens with two attached hydrogens (primary N) is 1. The summed E-state index contributed by atoms with van der Waals surface area (Å²) in [6.07, 6.45) is 0.0449. The molecule has 2 N–H and O–H groups in total. The van der Waals surface area contributed by atoms with Crippen LogP contribution >= 0.6 is 11.6 Å². The second kappa shape index (κ2) is 5.72. The van der Waals surface area contributed by atoms with E-state index in [9.17, 15) is 4.79 Å². The smallest absolute Gasteiger partial charge is 0.229 e. The van der Waals surface area contributed by atoms with Crippen LogP contribution in [0.4, 0.5) is 5.69 Å². The summed E-state index contributed by atoms with van der Waals surface area (Å²) in [5, 5.41) is 0.713. The molecule has 1 aliphatic heterocycles. The molecule has 20 heavy (non-hydrogen) atoms. The van der Waals surface area contributed by atoms with Crippen LogP contribution in [0.15, 0.2) is 18.2 Å². The summed E-state index contributed by atoms with van der Waals surface area (Å²) < 4.78 is 5.19. The molecule has 1 heterocycles. The van der Waals surface area contributed by atoms with Crippen LogP contribution in [0.5, 0.6) is 0 Å². The van der Waals surface area contributed by atoms with Crippen molar-refractivity contribution < 1.29 is 9.53 Å². The molecule has 0 bridgehead atoms. The van der Waals surface area contributed by atoms with E-state index in [1.165, 1.54) is 0 Å². The van der Waals surface area contributed by atoms with E-state index in [1.54, 1.807) is 12.0 Å². The summed E-state index contributed by atoms with van der Waals surface area (Å²) in [5.41, 5.74) is 7.38. The molecule has 0 aliphatic carbocycles. The summed E-state index contributed by atoms with van der Waals surface area (Å²) in [6, 6.07) is 5.69. The Morgan fingerprint density at radius 2 is 2.25 bits per heavy atom. The number of hydrogen-bond donors (Lipinski definition) is 1. The third-order valence-corrected chi connectivity index (χ3v) is 4.13. The number of anilines is 1. The van der Waals surface area contributed by atoms with Gasteiger partial charge in [-0.05, 0) is 12.1 Å². The van der Waals surface area contributed by atoms with Gasteiger partial charge in [0, 0.05) is 41.9 Å². The molecule has 4 nitrogen and oxygen atoms in total. The standard InChI is InChI=1S/C15H21ClN2O2/c1-15(2)9-18(13(19)7-10(8-17)20-3)12-6-4-5-11(16)14(12)15/h4-6,10H,7-9,17H2,1-3H3. The molecule has 0 radical (unpaired) electrons. The number of hydrogen-bond acceptors (Lipinski definition) is 3. The molecule has 1 atom stereocenters. The van der Waals surface area contributed by atoms with E-state index in [4.69, 9.17) is 22.1 Å². The number of nitrogens with zero attached hydrogens (tertiary/aromatic N) is 1. The second-order valence-electron chi connectivity index (χ2n) is 5.80. The minimum atomic E-state index is -0.242. The maximum atomic E-state index is 12.5. The number of halogens is 1. The molecule has 1 unspecified atom stereocenters. The van der Waals surface area contributed by atoms with Crippen LogP contribution in [0.2, 0.25) is 5.02 Å².